The van der Waals surface area contributed by atoms with E-state index >= 15 is 0 Å². The highest BCUT2D eigenvalue weighted by Crippen LogP contribution is 2.30. The molecule has 0 bridgehead atoms. The molecule has 1 aromatic carbocycles. The zero-order chi connectivity index (χ0) is 21.1. The standard InChI is InChI=1S/C24H30N2O3S/c1-16-23(30-15-25-16)18-10-7-17(8-11-18)9-12-22(28)21-13-20(27)14-26(21)24(29)19-5-3-2-4-6-19/h7-8,10-11,15,19-21,27H,2-6,9,12-14H2,1H3/t20-,21+/m1/s1. The first kappa shape index (κ1) is 21.2. The number of thiazole rings is 1. The van der Waals surface area contributed by atoms with E-state index in [9.17, 15) is 14.7 Å². The van der Waals surface area contributed by atoms with Gasteiger partial charge in [-0.1, -0.05) is 43.5 Å². The molecule has 0 radical (unpaired) electrons. The summed E-state index contributed by atoms with van der Waals surface area (Å²) in [5.74, 6) is 0.175. The van der Waals surface area contributed by atoms with E-state index in [1.807, 2.05) is 12.4 Å². The van der Waals surface area contributed by atoms with Gasteiger partial charge in [-0.3, -0.25) is 9.59 Å². The highest BCUT2D eigenvalue weighted by molar-refractivity contribution is 7.13. The molecule has 1 amide bonds. The number of hydrogen-bond acceptors (Lipinski definition) is 5. The maximum absolute atomic E-state index is 13.0. The predicted molar refractivity (Wildman–Crippen MR) is 118 cm³/mol. The fourth-order valence-corrected chi connectivity index (χ4v) is 5.59. The van der Waals surface area contributed by atoms with E-state index in [0.29, 0.717) is 25.8 Å². The average molecular weight is 427 g/mol. The molecule has 1 aromatic heterocycles. The molecule has 5 nitrogen and oxygen atoms in total. The van der Waals surface area contributed by atoms with Gasteiger partial charge in [0.25, 0.3) is 0 Å². The van der Waals surface area contributed by atoms with E-state index < -0.39 is 12.1 Å². The number of hydrogen-bond donors (Lipinski definition) is 1. The first-order valence-corrected chi connectivity index (χ1v) is 11.9. The number of rotatable bonds is 6. The first-order valence-electron chi connectivity index (χ1n) is 11.0. The Morgan fingerprint density at radius 1 is 1.17 bits per heavy atom. The number of Topliss-reactive ketones (excluding diaryl/α,β-unsaturated/α-hetero) is 1. The molecule has 160 valence electrons. The van der Waals surface area contributed by atoms with Gasteiger partial charge in [-0.15, -0.1) is 11.3 Å². The molecule has 0 unspecified atom stereocenters. The zero-order valence-electron chi connectivity index (χ0n) is 17.5. The Kier molecular flexibility index (Phi) is 6.64. The number of nitrogens with zero attached hydrogens (tertiary/aromatic N) is 2. The Morgan fingerprint density at radius 2 is 1.90 bits per heavy atom. The molecule has 1 saturated carbocycles. The molecule has 2 fully saturated rings. The van der Waals surface area contributed by atoms with Crippen LogP contribution in [0.3, 0.4) is 0 Å². The smallest absolute Gasteiger partial charge is 0.226 e. The van der Waals surface area contributed by atoms with E-state index in [4.69, 9.17) is 0 Å². The van der Waals surface area contributed by atoms with Gasteiger partial charge in [0.1, 0.15) is 0 Å². The van der Waals surface area contributed by atoms with Gasteiger partial charge >= 0.3 is 0 Å². The molecule has 4 rings (SSSR count). The van der Waals surface area contributed by atoms with Crippen LogP contribution in [0.4, 0.5) is 0 Å². The fourth-order valence-electron chi connectivity index (χ4n) is 4.78. The topological polar surface area (TPSA) is 70.5 Å². The number of aliphatic hydroxyl groups excluding tert-OH is 1. The molecule has 1 N–H and O–H groups in total. The number of β-amino-alcohol motifs (C(OH)–C–C–N with tert-alkyl or cyclic N) is 1. The van der Waals surface area contributed by atoms with Crippen LogP contribution in [0, 0.1) is 12.8 Å². The number of likely N-dealkylation sites (tertiary alicyclic amines) is 1. The molecule has 0 spiro atoms. The monoisotopic (exact) mass is 426 g/mol. The van der Waals surface area contributed by atoms with Crippen LogP contribution in [-0.4, -0.2) is 45.4 Å². The van der Waals surface area contributed by atoms with Crippen molar-refractivity contribution >= 4 is 23.0 Å². The second kappa shape index (κ2) is 9.40. The molecule has 1 aliphatic carbocycles. The minimum atomic E-state index is -0.589. The molecular weight excluding hydrogens is 396 g/mol. The van der Waals surface area contributed by atoms with Crippen molar-refractivity contribution in [2.45, 2.75) is 70.4 Å². The highest BCUT2D eigenvalue weighted by Gasteiger charge is 2.40. The maximum Gasteiger partial charge on any atom is 0.226 e. The van der Waals surface area contributed by atoms with Crippen molar-refractivity contribution in [2.75, 3.05) is 6.54 Å². The third-order valence-corrected chi connectivity index (χ3v) is 7.49. The van der Waals surface area contributed by atoms with E-state index in [1.54, 1.807) is 16.2 Å². The van der Waals surface area contributed by atoms with Crippen LogP contribution in [0.15, 0.2) is 29.8 Å². The minimum absolute atomic E-state index is 0.0297. The molecular formula is C24H30N2O3S. The quantitative estimate of drug-likeness (QED) is 0.753. The van der Waals surface area contributed by atoms with Crippen LogP contribution >= 0.6 is 11.3 Å². The number of carbonyl (C=O) groups excluding carboxylic acids is 2. The lowest BCUT2D eigenvalue weighted by molar-refractivity contribution is -0.141. The lowest BCUT2D eigenvalue weighted by Gasteiger charge is -2.29. The Hall–Kier alpha value is -2.05. The van der Waals surface area contributed by atoms with Gasteiger partial charge in [-0.25, -0.2) is 4.98 Å². The average Bonchev–Trinajstić information content (AvgIpc) is 3.38. The zero-order valence-corrected chi connectivity index (χ0v) is 18.4. The summed E-state index contributed by atoms with van der Waals surface area (Å²) in [6.45, 7) is 2.31. The van der Waals surface area contributed by atoms with Gasteiger partial charge in [-0.05, 0) is 37.3 Å². The van der Waals surface area contributed by atoms with Crippen LogP contribution < -0.4 is 0 Å². The van der Waals surface area contributed by atoms with Crippen molar-refractivity contribution in [3.63, 3.8) is 0 Å². The van der Waals surface area contributed by atoms with Crippen LogP contribution in [-0.2, 0) is 16.0 Å². The van der Waals surface area contributed by atoms with Gasteiger partial charge in [0.15, 0.2) is 5.78 Å². The molecule has 2 heterocycles. The van der Waals surface area contributed by atoms with Gasteiger partial charge in [-0.2, -0.15) is 0 Å². The molecule has 2 aromatic rings. The molecule has 30 heavy (non-hydrogen) atoms. The Morgan fingerprint density at radius 3 is 2.57 bits per heavy atom. The predicted octanol–water partition coefficient (Wildman–Crippen LogP) is 4.16. The maximum atomic E-state index is 13.0. The Bertz CT molecular complexity index is 886. The summed E-state index contributed by atoms with van der Waals surface area (Å²) in [4.78, 5) is 33.1. The van der Waals surface area contributed by atoms with Gasteiger partial charge in [0, 0.05) is 25.3 Å². The van der Waals surface area contributed by atoms with Crippen molar-refractivity contribution in [1.82, 2.24) is 9.88 Å². The van der Waals surface area contributed by atoms with Crippen LogP contribution in [0.5, 0.6) is 0 Å². The Balaban J connectivity index is 1.36. The third kappa shape index (κ3) is 4.65. The SMILES string of the molecule is Cc1ncsc1-c1ccc(CCC(=O)[C@@H]2C[C@@H](O)CN2C(=O)C2CCCCC2)cc1. The summed E-state index contributed by atoms with van der Waals surface area (Å²) in [5.41, 5.74) is 5.14. The van der Waals surface area contributed by atoms with Gasteiger partial charge < -0.3 is 10.0 Å². The number of amides is 1. The van der Waals surface area contributed by atoms with Crippen LogP contribution in [0.1, 0.15) is 56.2 Å². The lowest BCUT2D eigenvalue weighted by Crippen LogP contribution is -2.44. The minimum Gasteiger partial charge on any atom is -0.391 e. The number of benzene rings is 1. The molecule has 2 aliphatic rings. The van der Waals surface area contributed by atoms with Crippen molar-refractivity contribution in [2.24, 2.45) is 5.92 Å². The van der Waals surface area contributed by atoms with E-state index in [2.05, 4.69) is 29.2 Å². The highest BCUT2D eigenvalue weighted by atomic mass is 32.1. The number of aromatic nitrogens is 1. The molecule has 6 heteroatoms. The van der Waals surface area contributed by atoms with E-state index in [-0.39, 0.29) is 17.6 Å². The first-order chi connectivity index (χ1) is 14.5. The van der Waals surface area contributed by atoms with E-state index in [1.165, 1.54) is 11.3 Å². The molecule has 1 saturated heterocycles. The summed E-state index contributed by atoms with van der Waals surface area (Å²) in [6.07, 6.45) is 6.02. The second-order valence-corrected chi connectivity index (χ2v) is 9.52. The van der Waals surface area contributed by atoms with Crippen LogP contribution in [0.25, 0.3) is 10.4 Å². The normalized spacial score (nSPS) is 22.4. The summed E-state index contributed by atoms with van der Waals surface area (Å²) < 4.78 is 0. The van der Waals surface area contributed by atoms with Gasteiger partial charge in [0.2, 0.25) is 5.91 Å². The summed E-state index contributed by atoms with van der Waals surface area (Å²) in [5, 5.41) is 10.1. The summed E-state index contributed by atoms with van der Waals surface area (Å²) in [6, 6.07) is 7.83. The number of carbonyl (C=O) groups is 2. The summed E-state index contributed by atoms with van der Waals surface area (Å²) in [7, 11) is 0. The van der Waals surface area contributed by atoms with Crippen molar-refractivity contribution in [1.29, 1.82) is 0 Å². The van der Waals surface area contributed by atoms with Gasteiger partial charge in [0.05, 0.1) is 28.2 Å². The largest absolute Gasteiger partial charge is 0.391 e. The van der Waals surface area contributed by atoms with Crippen molar-refractivity contribution in [3.8, 4) is 10.4 Å². The number of aryl methyl sites for hydroxylation is 2. The lowest BCUT2D eigenvalue weighted by atomic mass is 9.88. The molecule has 1 aliphatic heterocycles. The number of aliphatic hydroxyl groups is 1. The second-order valence-electron chi connectivity index (χ2n) is 8.66. The summed E-state index contributed by atoms with van der Waals surface area (Å²) >= 11 is 1.63. The number of ketones is 1. The van der Waals surface area contributed by atoms with Crippen LogP contribution in [0.2, 0.25) is 0 Å². The Labute approximate surface area is 182 Å². The van der Waals surface area contributed by atoms with Crippen molar-refractivity contribution < 1.29 is 14.7 Å². The van der Waals surface area contributed by atoms with E-state index in [0.717, 1.165) is 42.5 Å². The molecule has 2 atom stereocenters. The third-order valence-electron chi connectivity index (χ3n) is 6.51. The fraction of sp³-hybridized carbons (Fsp3) is 0.542. The van der Waals surface area contributed by atoms with Crippen molar-refractivity contribution in [3.05, 3.63) is 41.0 Å².